The minimum absolute atomic E-state index is 0.186. The van der Waals surface area contributed by atoms with E-state index in [0.29, 0.717) is 6.42 Å². The average molecular weight is 1200 g/mol. The third-order valence-corrected chi connectivity index (χ3v) is 17.5. The van der Waals surface area contributed by atoms with Crippen molar-refractivity contribution in [3.8, 4) is 0 Å². The Morgan fingerprint density at radius 2 is 0.706 bits per heavy atom. The molecule has 0 bridgehead atoms. The lowest BCUT2D eigenvalue weighted by molar-refractivity contribution is -0.302. The maximum absolute atomic E-state index is 13.1. The topological polar surface area (TPSA) is 149 Å². The zero-order valence-electron chi connectivity index (χ0n) is 55.9. The van der Waals surface area contributed by atoms with E-state index in [9.17, 15) is 30.3 Å². The second kappa shape index (κ2) is 64.9. The van der Waals surface area contributed by atoms with Gasteiger partial charge in [0.15, 0.2) is 6.29 Å². The maximum atomic E-state index is 13.1. The molecule has 1 heterocycles. The van der Waals surface area contributed by atoms with Crippen LogP contribution >= 0.6 is 0 Å². The number of aliphatic hydroxyl groups excluding tert-OH is 5. The molecule has 0 saturated carbocycles. The van der Waals surface area contributed by atoms with Crippen molar-refractivity contribution in [3.05, 3.63) is 60.8 Å². The first kappa shape index (κ1) is 80.9. The van der Waals surface area contributed by atoms with Crippen molar-refractivity contribution in [1.29, 1.82) is 0 Å². The highest BCUT2D eigenvalue weighted by atomic mass is 16.7. The Kier molecular flexibility index (Phi) is 61.7. The van der Waals surface area contributed by atoms with Gasteiger partial charge in [-0.15, -0.1) is 0 Å². The van der Waals surface area contributed by atoms with Gasteiger partial charge in [0, 0.05) is 6.42 Å². The first-order valence-electron chi connectivity index (χ1n) is 37.0. The first-order chi connectivity index (χ1) is 41.8. The lowest BCUT2D eigenvalue weighted by atomic mass is 9.99. The number of nitrogens with one attached hydrogen (secondary N) is 1. The third-order valence-electron chi connectivity index (χ3n) is 17.5. The number of unbranched alkanes of at least 4 members (excludes halogenated alkanes) is 47. The molecule has 6 N–H and O–H groups in total. The van der Waals surface area contributed by atoms with Crippen LogP contribution in [-0.4, -0.2) is 87.5 Å². The van der Waals surface area contributed by atoms with E-state index >= 15 is 0 Å². The highest BCUT2D eigenvalue weighted by Crippen LogP contribution is 2.23. The van der Waals surface area contributed by atoms with Gasteiger partial charge in [0.05, 0.1) is 25.4 Å². The van der Waals surface area contributed by atoms with Crippen LogP contribution in [0.2, 0.25) is 0 Å². The third kappa shape index (κ3) is 53.4. The van der Waals surface area contributed by atoms with Crippen LogP contribution in [0.15, 0.2) is 60.8 Å². The molecule has 0 aromatic rings. The van der Waals surface area contributed by atoms with E-state index in [4.69, 9.17) is 9.47 Å². The molecule has 9 nitrogen and oxygen atoms in total. The van der Waals surface area contributed by atoms with E-state index in [1.165, 1.54) is 289 Å². The minimum atomic E-state index is -1.58. The molecule has 85 heavy (non-hydrogen) atoms. The Morgan fingerprint density at radius 3 is 1.06 bits per heavy atom. The van der Waals surface area contributed by atoms with Crippen molar-refractivity contribution < 1.29 is 39.8 Å². The molecule has 0 radical (unpaired) electrons. The fraction of sp³-hybridized carbons (Fsp3) is 0.855. The zero-order chi connectivity index (χ0) is 61.4. The molecule has 9 heteroatoms. The molecule has 1 saturated heterocycles. The fourth-order valence-electron chi connectivity index (χ4n) is 11.8. The Bertz CT molecular complexity index is 1530. The van der Waals surface area contributed by atoms with Crippen LogP contribution in [0.5, 0.6) is 0 Å². The van der Waals surface area contributed by atoms with Gasteiger partial charge in [-0.25, -0.2) is 0 Å². The first-order valence-corrected chi connectivity index (χ1v) is 37.0. The summed E-state index contributed by atoms with van der Waals surface area (Å²) in [6.07, 6.45) is 83.5. The minimum Gasteiger partial charge on any atom is -0.394 e. The van der Waals surface area contributed by atoms with Crippen LogP contribution in [0.3, 0.4) is 0 Å². The van der Waals surface area contributed by atoms with Crippen LogP contribution in [0.4, 0.5) is 0 Å². The maximum Gasteiger partial charge on any atom is 0.220 e. The Labute approximate surface area is 526 Å². The molecule has 1 rings (SSSR count). The van der Waals surface area contributed by atoms with E-state index in [1.807, 2.05) is 6.08 Å². The standard InChI is InChI=1S/C76H141NO8/c1-3-5-7-9-11-13-15-17-19-21-23-25-27-29-31-33-34-35-36-38-39-41-43-45-47-49-51-53-55-57-59-61-63-65-70(79)69(68-84-76-75(83)74(82)73(81)71(67-78)85-76)77-72(80)66-64-62-60-58-56-54-52-50-48-46-44-42-40-37-32-30-28-26-24-22-20-18-16-14-12-10-8-6-4-2/h16,18,22,24,47,49,55,57,63,65,69-71,73-76,78-79,81-83H,3-15,17,19-21,23,25-46,48,50-54,56,58-62,64,66-68H2,1-2H3,(H,77,80)/b18-16-,24-22-,49-47+,57-55+,65-63+. The van der Waals surface area contributed by atoms with E-state index in [2.05, 4.69) is 67.8 Å². The van der Waals surface area contributed by atoms with Crippen LogP contribution in [0, 0.1) is 0 Å². The van der Waals surface area contributed by atoms with Crippen LogP contribution in [0.1, 0.15) is 361 Å². The number of allylic oxidation sites excluding steroid dienone is 9. The van der Waals surface area contributed by atoms with Crippen LogP contribution in [0.25, 0.3) is 0 Å². The normalized spacial score (nSPS) is 18.4. The quantitative estimate of drug-likeness (QED) is 0.0261. The van der Waals surface area contributed by atoms with Gasteiger partial charge in [-0.2, -0.15) is 0 Å². The average Bonchev–Trinajstić information content (AvgIpc) is 3.56. The van der Waals surface area contributed by atoms with Gasteiger partial charge in [-0.3, -0.25) is 4.79 Å². The van der Waals surface area contributed by atoms with Crippen molar-refractivity contribution in [2.75, 3.05) is 13.2 Å². The van der Waals surface area contributed by atoms with E-state index in [0.717, 1.165) is 51.4 Å². The lowest BCUT2D eigenvalue weighted by Gasteiger charge is -2.40. The van der Waals surface area contributed by atoms with Gasteiger partial charge >= 0.3 is 0 Å². The molecule has 7 unspecified atom stereocenters. The Balaban J connectivity index is 2.14. The highest BCUT2D eigenvalue weighted by Gasteiger charge is 2.44. The number of amides is 1. The summed E-state index contributed by atoms with van der Waals surface area (Å²) in [6, 6.07) is -0.832. The molecule has 0 aliphatic carbocycles. The summed E-state index contributed by atoms with van der Waals surface area (Å²) in [4.78, 5) is 13.1. The second-order valence-corrected chi connectivity index (χ2v) is 25.7. The predicted molar refractivity (Wildman–Crippen MR) is 364 cm³/mol. The smallest absolute Gasteiger partial charge is 0.220 e. The second-order valence-electron chi connectivity index (χ2n) is 25.7. The van der Waals surface area contributed by atoms with Crippen molar-refractivity contribution in [2.45, 2.75) is 403 Å². The zero-order valence-corrected chi connectivity index (χ0v) is 55.9. The molecule has 0 spiro atoms. The number of rotatable bonds is 65. The summed E-state index contributed by atoms with van der Waals surface area (Å²) in [7, 11) is 0. The molecule has 7 atom stereocenters. The molecule has 1 amide bonds. The molecular weight excluding hydrogens is 1050 g/mol. The van der Waals surface area contributed by atoms with Crippen molar-refractivity contribution >= 4 is 5.91 Å². The Morgan fingerprint density at radius 1 is 0.400 bits per heavy atom. The lowest BCUT2D eigenvalue weighted by Crippen LogP contribution is -2.60. The molecule has 0 aromatic carbocycles. The van der Waals surface area contributed by atoms with Crippen LogP contribution in [-0.2, 0) is 14.3 Å². The largest absolute Gasteiger partial charge is 0.394 e. The van der Waals surface area contributed by atoms with E-state index in [-0.39, 0.29) is 12.5 Å². The summed E-state index contributed by atoms with van der Waals surface area (Å²) < 4.78 is 11.3. The number of hydrogen-bond acceptors (Lipinski definition) is 8. The monoisotopic (exact) mass is 1200 g/mol. The molecule has 1 aliphatic rings. The van der Waals surface area contributed by atoms with Gasteiger partial charge in [0.2, 0.25) is 5.91 Å². The number of carbonyl (C=O) groups excluding carboxylic acids is 1. The number of ether oxygens (including phenoxy) is 2. The SMILES string of the molecule is CCCCCCC/C=C\C/C=C\CCCCCCCCCCCCCCCCCCCC(=O)NC(COC1OC(CO)C(O)C(O)C1O)C(O)/C=C/CC/C=C/CC/C=C/CCCCCCCCCCCCCCCCCCCCCCCCC. The summed E-state index contributed by atoms with van der Waals surface area (Å²) in [5.41, 5.74) is 0. The summed E-state index contributed by atoms with van der Waals surface area (Å²) in [6.45, 7) is 3.80. The van der Waals surface area contributed by atoms with E-state index in [1.54, 1.807) is 6.08 Å². The van der Waals surface area contributed by atoms with Crippen molar-refractivity contribution in [1.82, 2.24) is 5.32 Å². The fourth-order valence-corrected chi connectivity index (χ4v) is 11.8. The summed E-state index contributed by atoms with van der Waals surface area (Å²) in [5.74, 6) is -0.186. The van der Waals surface area contributed by atoms with Crippen molar-refractivity contribution in [3.63, 3.8) is 0 Å². The van der Waals surface area contributed by atoms with Crippen molar-refractivity contribution in [2.24, 2.45) is 0 Å². The molecule has 1 fully saturated rings. The molecular formula is C76H141NO8. The highest BCUT2D eigenvalue weighted by molar-refractivity contribution is 5.76. The predicted octanol–water partition coefficient (Wildman–Crippen LogP) is 20.5. The molecule has 1 aliphatic heterocycles. The van der Waals surface area contributed by atoms with Gasteiger partial charge in [0.1, 0.15) is 24.4 Å². The van der Waals surface area contributed by atoms with Crippen LogP contribution < -0.4 is 5.32 Å². The van der Waals surface area contributed by atoms with Gasteiger partial charge in [0.25, 0.3) is 0 Å². The number of hydrogen-bond donors (Lipinski definition) is 6. The Hall–Kier alpha value is -2.11. The number of carbonyl (C=O) groups is 1. The van der Waals surface area contributed by atoms with Gasteiger partial charge in [-0.1, -0.05) is 338 Å². The molecule has 0 aromatic heterocycles. The van der Waals surface area contributed by atoms with E-state index < -0.39 is 49.5 Å². The molecule has 498 valence electrons. The summed E-state index contributed by atoms with van der Waals surface area (Å²) >= 11 is 0. The van der Waals surface area contributed by atoms with Gasteiger partial charge in [-0.05, 0) is 77.0 Å². The summed E-state index contributed by atoms with van der Waals surface area (Å²) in [5, 5.41) is 54.8. The number of aliphatic hydroxyl groups is 5. The van der Waals surface area contributed by atoms with Gasteiger partial charge < -0.3 is 40.3 Å².